The Balaban J connectivity index is 3.04. The molecule has 1 atom stereocenters. The summed E-state index contributed by atoms with van der Waals surface area (Å²) in [5.41, 5.74) is 0. The molecule has 0 aliphatic heterocycles. The first-order chi connectivity index (χ1) is 8.70. The van der Waals surface area contributed by atoms with Gasteiger partial charge in [-0.25, -0.2) is 21.6 Å². The summed E-state index contributed by atoms with van der Waals surface area (Å²) in [5, 5.41) is 8.98. The molecule has 0 unspecified atom stereocenters. The minimum atomic E-state index is -3.75. The van der Waals surface area contributed by atoms with Crippen LogP contribution >= 0.6 is 0 Å². The van der Waals surface area contributed by atoms with Crippen LogP contribution < -0.4 is 4.72 Å². The Morgan fingerprint density at radius 2 is 1.58 bits per heavy atom. The van der Waals surface area contributed by atoms with E-state index in [2.05, 4.69) is 4.72 Å². The maximum absolute atomic E-state index is 11.9. The molecule has 0 aliphatic carbocycles. The average Bonchev–Trinajstić information content (AvgIpc) is 2.35. The molecular weight excluding hydrogens is 290 g/mol. The number of sulfonamides is 1. The first-order valence-corrected chi connectivity index (χ1v) is 9.01. The van der Waals surface area contributed by atoms with E-state index in [0.29, 0.717) is 6.42 Å². The van der Waals surface area contributed by atoms with Crippen LogP contribution in [-0.2, 0) is 19.9 Å². The van der Waals surface area contributed by atoms with Crippen LogP contribution in [-0.4, -0.2) is 40.8 Å². The number of nitrogens with one attached hydrogen (secondary N) is 1. The van der Waals surface area contributed by atoms with Crippen LogP contribution in [0.25, 0.3) is 0 Å². The highest BCUT2D eigenvalue weighted by Crippen LogP contribution is 2.14. The normalized spacial score (nSPS) is 14.3. The second-order valence-corrected chi connectivity index (χ2v) is 7.88. The third-order valence-corrected chi connectivity index (χ3v) is 5.26. The Bertz CT molecular complexity index is 616. The van der Waals surface area contributed by atoms with E-state index in [-0.39, 0.29) is 16.4 Å². The third-order valence-electron chi connectivity index (χ3n) is 2.60. The number of rotatable bonds is 6. The van der Waals surface area contributed by atoms with Gasteiger partial charge in [0.05, 0.1) is 16.4 Å². The molecule has 0 heterocycles. The third kappa shape index (κ3) is 4.27. The summed E-state index contributed by atoms with van der Waals surface area (Å²) < 4.78 is 48.8. The zero-order chi connectivity index (χ0) is 14.7. The fraction of sp³-hybridized carbons (Fsp3) is 0.455. The summed E-state index contributed by atoms with van der Waals surface area (Å²) in [5.74, 6) is 0. The van der Waals surface area contributed by atoms with Gasteiger partial charge in [-0.1, -0.05) is 6.92 Å². The van der Waals surface area contributed by atoms with Gasteiger partial charge in [0.15, 0.2) is 9.84 Å². The fourth-order valence-electron chi connectivity index (χ4n) is 1.40. The van der Waals surface area contributed by atoms with Crippen molar-refractivity contribution < 1.29 is 21.9 Å². The molecule has 0 bridgehead atoms. The van der Waals surface area contributed by atoms with Gasteiger partial charge >= 0.3 is 0 Å². The Labute approximate surface area is 113 Å². The highest BCUT2D eigenvalue weighted by molar-refractivity contribution is 7.90. The number of sulfone groups is 1. The lowest BCUT2D eigenvalue weighted by Gasteiger charge is -2.14. The standard InChI is InChI=1S/C11H17NO5S2/c1-3-9(8-13)12-19(16,17)11-6-4-10(5-7-11)18(2,14)15/h4-7,9,12-13H,3,8H2,1-2H3/t9-/m1/s1. The zero-order valence-corrected chi connectivity index (χ0v) is 12.3. The van der Waals surface area contributed by atoms with E-state index >= 15 is 0 Å². The van der Waals surface area contributed by atoms with Crippen LogP contribution in [0.2, 0.25) is 0 Å². The summed E-state index contributed by atoms with van der Waals surface area (Å²) in [7, 11) is -7.10. The maximum Gasteiger partial charge on any atom is 0.240 e. The quantitative estimate of drug-likeness (QED) is 0.778. The van der Waals surface area contributed by atoms with E-state index in [1.165, 1.54) is 24.3 Å². The Kier molecular flexibility index (Phi) is 5.08. The molecule has 8 heteroatoms. The van der Waals surface area contributed by atoms with E-state index < -0.39 is 25.9 Å². The van der Waals surface area contributed by atoms with E-state index in [0.717, 1.165) is 6.26 Å². The van der Waals surface area contributed by atoms with Gasteiger partial charge in [-0.3, -0.25) is 0 Å². The van der Waals surface area contributed by atoms with Crippen molar-refractivity contribution in [2.24, 2.45) is 0 Å². The molecule has 1 rings (SSSR count). The van der Waals surface area contributed by atoms with Gasteiger partial charge in [-0.2, -0.15) is 0 Å². The van der Waals surface area contributed by atoms with Crippen LogP contribution in [0.1, 0.15) is 13.3 Å². The van der Waals surface area contributed by atoms with E-state index in [4.69, 9.17) is 5.11 Å². The number of benzene rings is 1. The maximum atomic E-state index is 11.9. The number of aliphatic hydroxyl groups is 1. The second-order valence-electron chi connectivity index (χ2n) is 4.15. The van der Waals surface area contributed by atoms with Crippen LogP contribution in [0.15, 0.2) is 34.1 Å². The van der Waals surface area contributed by atoms with Gasteiger partial charge in [0.25, 0.3) is 0 Å². The molecule has 0 aromatic heterocycles. The van der Waals surface area contributed by atoms with Crippen molar-refractivity contribution in [3.8, 4) is 0 Å². The Morgan fingerprint density at radius 1 is 1.11 bits per heavy atom. The highest BCUT2D eigenvalue weighted by atomic mass is 32.2. The molecule has 0 saturated carbocycles. The minimum absolute atomic E-state index is 0.0354. The number of hydrogen-bond acceptors (Lipinski definition) is 5. The first kappa shape index (κ1) is 16.1. The van der Waals surface area contributed by atoms with Gasteiger partial charge in [-0.15, -0.1) is 0 Å². The molecule has 0 radical (unpaired) electrons. The first-order valence-electron chi connectivity index (χ1n) is 5.64. The molecule has 6 nitrogen and oxygen atoms in total. The van der Waals surface area contributed by atoms with Gasteiger partial charge < -0.3 is 5.11 Å². The van der Waals surface area contributed by atoms with Crippen molar-refractivity contribution in [3.63, 3.8) is 0 Å². The van der Waals surface area contributed by atoms with Gasteiger partial charge in [-0.05, 0) is 30.7 Å². The van der Waals surface area contributed by atoms with E-state index in [9.17, 15) is 16.8 Å². The van der Waals surface area contributed by atoms with Gasteiger partial charge in [0, 0.05) is 12.3 Å². The molecule has 1 aromatic rings. The van der Waals surface area contributed by atoms with E-state index in [1.807, 2.05) is 0 Å². The number of hydrogen-bond donors (Lipinski definition) is 2. The fourth-order valence-corrected chi connectivity index (χ4v) is 3.34. The summed E-state index contributed by atoms with van der Waals surface area (Å²) in [6, 6.07) is 4.37. The molecule has 19 heavy (non-hydrogen) atoms. The van der Waals surface area contributed by atoms with Gasteiger partial charge in [0.2, 0.25) is 10.0 Å². The van der Waals surface area contributed by atoms with Crippen LogP contribution in [0.5, 0.6) is 0 Å². The lowest BCUT2D eigenvalue weighted by atomic mass is 10.3. The Morgan fingerprint density at radius 3 is 1.95 bits per heavy atom. The summed E-state index contributed by atoms with van der Waals surface area (Å²) in [4.78, 5) is 0.0208. The van der Waals surface area contributed by atoms with Crippen LogP contribution in [0, 0.1) is 0 Å². The molecule has 0 fully saturated rings. The zero-order valence-electron chi connectivity index (χ0n) is 10.7. The molecule has 0 saturated heterocycles. The van der Waals surface area contributed by atoms with Crippen LogP contribution in [0.3, 0.4) is 0 Å². The SMILES string of the molecule is CC[C@H](CO)NS(=O)(=O)c1ccc(S(C)(=O)=O)cc1. The molecular formula is C11H17NO5S2. The Hall–Kier alpha value is -0.960. The van der Waals surface area contributed by atoms with Crippen molar-refractivity contribution in [2.75, 3.05) is 12.9 Å². The average molecular weight is 307 g/mol. The van der Waals surface area contributed by atoms with Crippen molar-refractivity contribution in [1.29, 1.82) is 0 Å². The monoisotopic (exact) mass is 307 g/mol. The summed E-state index contributed by atoms with van der Waals surface area (Å²) >= 11 is 0. The number of aliphatic hydroxyl groups excluding tert-OH is 1. The molecule has 0 aliphatic rings. The van der Waals surface area contributed by atoms with Crippen molar-refractivity contribution in [2.45, 2.75) is 29.2 Å². The minimum Gasteiger partial charge on any atom is -0.395 e. The van der Waals surface area contributed by atoms with Crippen molar-refractivity contribution in [1.82, 2.24) is 4.72 Å². The lowest BCUT2D eigenvalue weighted by molar-refractivity contribution is 0.254. The van der Waals surface area contributed by atoms with Crippen molar-refractivity contribution in [3.05, 3.63) is 24.3 Å². The predicted molar refractivity (Wildman–Crippen MR) is 71.0 cm³/mol. The lowest BCUT2D eigenvalue weighted by Crippen LogP contribution is -2.36. The predicted octanol–water partition coefficient (Wildman–Crippen LogP) is 0.139. The molecule has 108 valence electrons. The van der Waals surface area contributed by atoms with Crippen molar-refractivity contribution >= 4 is 19.9 Å². The summed E-state index contributed by atoms with van der Waals surface area (Å²) in [6.45, 7) is 1.45. The van der Waals surface area contributed by atoms with Gasteiger partial charge in [0.1, 0.15) is 0 Å². The van der Waals surface area contributed by atoms with Crippen LogP contribution in [0.4, 0.5) is 0 Å². The topological polar surface area (TPSA) is 101 Å². The molecule has 0 spiro atoms. The summed E-state index contributed by atoms with van der Waals surface area (Å²) in [6.07, 6.45) is 1.50. The molecule has 1 aromatic carbocycles. The second kappa shape index (κ2) is 6.00. The van der Waals surface area contributed by atoms with E-state index in [1.54, 1.807) is 6.92 Å². The largest absolute Gasteiger partial charge is 0.395 e. The highest BCUT2D eigenvalue weighted by Gasteiger charge is 2.19. The molecule has 2 N–H and O–H groups in total. The smallest absolute Gasteiger partial charge is 0.240 e. The molecule has 0 amide bonds.